The molecule has 2 rings (SSSR count). The number of nitrogens with two attached hydrogens (primary N) is 1. The summed E-state index contributed by atoms with van der Waals surface area (Å²) in [6.07, 6.45) is 1.00. The van der Waals surface area contributed by atoms with Crippen LogP contribution in [-0.4, -0.2) is 6.04 Å². The van der Waals surface area contributed by atoms with Crippen LogP contribution >= 0.6 is 0 Å². The first-order valence-electron chi connectivity index (χ1n) is 6.12. The van der Waals surface area contributed by atoms with Gasteiger partial charge in [0, 0.05) is 12.0 Å². The molecular formula is C16H19N. The van der Waals surface area contributed by atoms with Crippen molar-refractivity contribution in [1.82, 2.24) is 0 Å². The third kappa shape index (κ3) is 3.18. The molecule has 0 aliphatic rings. The summed E-state index contributed by atoms with van der Waals surface area (Å²) in [4.78, 5) is 0. The standard InChI is InChI=1S/C16H19N/c1-13(17)16(15-10-6-3-7-11-15)12-14-8-4-2-5-9-14/h2-11,13,16H,12,17H2,1H3/t13-,16-/m1/s1. The lowest BCUT2D eigenvalue weighted by Gasteiger charge is -2.21. The Hall–Kier alpha value is -1.60. The van der Waals surface area contributed by atoms with E-state index < -0.39 is 0 Å². The maximum absolute atomic E-state index is 6.12. The Balaban J connectivity index is 2.20. The predicted molar refractivity (Wildman–Crippen MR) is 73.0 cm³/mol. The van der Waals surface area contributed by atoms with Gasteiger partial charge in [-0.3, -0.25) is 0 Å². The second-order valence-corrected chi connectivity index (χ2v) is 4.57. The first kappa shape index (κ1) is 11.9. The van der Waals surface area contributed by atoms with Gasteiger partial charge in [0.1, 0.15) is 0 Å². The monoisotopic (exact) mass is 225 g/mol. The lowest BCUT2D eigenvalue weighted by Crippen LogP contribution is -2.26. The quantitative estimate of drug-likeness (QED) is 0.848. The van der Waals surface area contributed by atoms with E-state index in [0.717, 1.165) is 6.42 Å². The molecule has 17 heavy (non-hydrogen) atoms. The van der Waals surface area contributed by atoms with Crippen LogP contribution in [0.15, 0.2) is 60.7 Å². The van der Waals surface area contributed by atoms with Crippen molar-refractivity contribution in [1.29, 1.82) is 0 Å². The molecule has 0 aliphatic carbocycles. The summed E-state index contributed by atoms with van der Waals surface area (Å²) < 4.78 is 0. The van der Waals surface area contributed by atoms with Crippen molar-refractivity contribution in [2.75, 3.05) is 0 Å². The molecule has 1 nitrogen and oxygen atoms in total. The molecule has 2 aromatic rings. The predicted octanol–water partition coefficient (Wildman–Crippen LogP) is 3.36. The molecular weight excluding hydrogens is 206 g/mol. The summed E-state index contributed by atoms with van der Waals surface area (Å²) >= 11 is 0. The zero-order valence-corrected chi connectivity index (χ0v) is 10.2. The average molecular weight is 225 g/mol. The first-order valence-corrected chi connectivity index (χ1v) is 6.12. The Morgan fingerprint density at radius 3 is 1.94 bits per heavy atom. The SMILES string of the molecule is C[C@@H](N)[C@@H](Cc1ccccc1)c1ccccc1. The molecule has 2 N–H and O–H groups in total. The Morgan fingerprint density at radius 1 is 0.882 bits per heavy atom. The zero-order valence-electron chi connectivity index (χ0n) is 10.2. The lowest BCUT2D eigenvalue weighted by atomic mass is 9.87. The maximum atomic E-state index is 6.12. The van der Waals surface area contributed by atoms with Crippen LogP contribution in [0.3, 0.4) is 0 Å². The normalized spacial score (nSPS) is 14.2. The minimum atomic E-state index is 0.164. The van der Waals surface area contributed by atoms with Gasteiger partial charge in [-0.05, 0) is 24.5 Å². The number of rotatable bonds is 4. The molecule has 1 heteroatoms. The van der Waals surface area contributed by atoms with Gasteiger partial charge in [-0.15, -0.1) is 0 Å². The highest BCUT2D eigenvalue weighted by atomic mass is 14.6. The van der Waals surface area contributed by atoms with E-state index in [0.29, 0.717) is 5.92 Å². The fourth-order valence-corrected chi connectivity index (χ4v) is 2.18. The van der Waals surface area contributed by atoms with Gasteiger partial charge in [0.15, 0.2) is 0 Å². The van der Waals surface area contributed by atoms with Crippen LogP contribution in [0.1, 0.15) is 24.0 Å². The minimum Gasteiger partial charge on any atom is -0.327 e. The molecule has 0 aromatic heterocycles. The van der Waals surface area contributed by atoms with E-state index in [1.165, 1.54) is 11.1 Å². The second-order valence-electron chi connectivity index (χ2n) is 4.57. The second kappa shape index (κ2) is 5.65. The van der Waals surface area contributed by atoms with Crippen LogP contribution in [0.4, 0.5) is 0 Å². The van der Waals surface area contributed by atoms with Crippen molar-refractivity contribution in [3.8, 4) is 0 Å². The van der Waals surface area contributed by atoms with Crippen molar-refractivity contribution in [3.05, 3.63) is 71.8 Å². The summed E-state index contributed by atoms with van der Waals surface area (Å²) in [5.41, 5.74) is 8.79. The molecule has 0 bridgehead atoms. The number of benzene rings is 2. The fourth-order valence-electron chi connectivity index (χ4n) is 2.18. The molecule has 0 saturated carbocycles. The average Bonchev–Trinajstić information content (AvgIpc) is 2.38. The summed E-state index contributed by atoms with van der Waals surface area (Å²) in [5, 5.41) is 0. The van der Waals surface area contributed by atoms with Crippen LogP contribution < -0.4 is 5.73 Å². The van der Waals surface area contributed by atoms with Gasteiger partial charge in [0.25, 0.3) is 0 Å². The van der Waals surface area contributed by atoms with Crippen molar-refractivity contribution in [2.45, 2.75) is 25.3 Å². The van der Waals surface area contributed by atoms with E-state index in [2.05, 4.69) is 55.5 Å². The third-order valence-corrected chi connectivity index (χ3v) is 3.16. The lowest BCUT2D eigenvalue weighted by molar-refractivity contribution is 0.565. The van der Waals surface area contributed by atoms with Crippen LogP contribution in [0.2, 0.25) is 0 Å². The maximum Gasteiger partial charge on any atom is 0.00825 e. The molecule has 2 aromatic carbocycles. The molecule has 0 radical (unpaired) electrons. The molecule has 0 aliphatic heterocycles. The fraction of sp³-hybridized carbons (Fsp3) is 0.250. The largest absolute Gasteiger partial charge is 0.327 e. The smallest absolute Gasteiger partial charge is 0.00825 e. The Kier molecular flexibility index (Phi) is 3.94. The highest BCUT2D eigenvalue weighted by molar-refractivity contribution is 5.25. The van der Waals surface area contributed by atoms with E-state index in [9.17, 15) is 0 Å². The summed E-state index contributed by atoms with van der Waals surface area (Å²) in [6, 6.07) is 21.2. The van der Waals surface area contributed by atoms with Crippen LogP contribution in [0.25, 0.3) is 0 Å². The highest BCUT2D eigenvalue weighted by Crippen LogP contribution is 2.23. The molecule has 0 fully saturated rings. The van der Waals surface area contributed by atoms with Gasteiger partial charge >= 0.3 is 0 Å². The third-order valence-electron chi connectivity index (χ3n) is 3.16. The topological polar surface area (TPSA) is 26.0 Å². The Labute approximate surface area is 103 Å². The van der Waals surface area contributed by atoms with Crippen LogP contribution in [0.5, 0.6) is 0 Å². The van der Waals surface area contributed by atoms with Crippen molar-refractivity contribution in [2.24, 2.45) is 5.73 Å². The van der Waals surface area contributed by atoms with E-state index in [4.69, 9.17) is 5.73 Å². The van der Waals surface area contributed by atoms with Crippen molar-refractivity contribution in [3.63, 3.8) is 0 Å². The van der Waals surface area contributed by atoms with Crippen LogP contribution in [-0.2, 0) is 6.42 Å². The van der Waals surface area contributed by atoms with E-state index in [1.807, 2.05) is 12.1 Å². The molecule has 0 amide bonds. The summed E-state index contributed by atoms with van der Waals surface area (Å²) in [7, 11) is 0. The van der Waals surface area contributed by atoms with Crippen LogP contribution in [0, 0.1) is 0 Å². The minimum absolute atomic E-state index is 0.164. The molecule has 0 unspecified atom stereocenters. The van der Waals surface area contributed by atoms with Gasteiger partial charge in [0.2, 0.25) is 0 Å². The van der Waals surface area contributed by atoms with Gasteiger partial charge in [-0.1, -0.05) is 60.7 Å². The van der Waals surface area contributed by atoms with Gasteiger partial charge in [0.05, 0.1) is 0 Å². The first-order chi connectivity index (χ1) is 8.27. The summed E-state index contributed by atoms with van der Waals surface area (Å²) in [6.45, 7) is 2.08. The molecule has 0 spiro atoms. The highest BCUT2D eigenvalue weighted by Gasteiger charge is 2.16. The Morgan fingerprint density at radius 2 is 1.41 bits per heavy atom. The summed E-state index contributed by atoms with van der Waals surface area (Å²) in [5.74, 6) is 0.388. The number of hydrogen-bond donors (Lipinski definition) is 1. The Bertz CT molecular complexity index is 434. The number of hydrogen-bond acceptors (Lipinski definition) is 1. The van der Waals surface area contributed by atoms with Crippen molar-refractivity contribution < 1.29 is 0 Å². The molecule has 0 saturated heterocycles. The molecule has 88 valence electrons. The van der Waals surface area contributed by atoms with Crippen molar-refractivity contribution >= 4 is 0 Å². The zero-order chi connectivity index (χ0) is 12.1. The van der Waals surface area contributed by atoms with E-state index in [1.54, 1.807) is 0 Å². The van der Waals surface area contributed by atoms with E-state index in [-0.39, 0.29) is 6.04 Å². The van der Waals surface area contributed by atoms with Gasteiger partial charge in [-0.25, -0.2) is 0 Å². The van der Waals surface area contributed by atoms with Gasteiger partial charge in [-0.2, -0.15) is 0 Å². The molecule has 0 heterocycles. The van der Waals surface area contributed by atoms with Gasteiger partial charge < -0.3 is 5.73 Å². The van der Waals surface area contributed by atoms with E-state index >= 15 is 0 Å². The molecule has 2 atom stereocenters.